The van der Waals surface area contributed by atoms with Crippen LogP contribution in [0.15, 0.2) is 18.2 Å². The van der Waals surface area contributed by atoms with Crippen molar-refractivity contribution in [3.63, 3.8) is 0 Å². The Kier molecular flexibility index (Phi) is 5.03. The van der Waals surface area contributed by atoms with Gasteiger partial charge in [0, 0.05) is 11.9 Å². The summed E-state index contributed by atoms with van der Waals surface area (Å²) in [7, 11) is 0. The fourth-order valence-electron chi connectivity index (χ4n) is 1.25. The quantitative estimate of drug-likeness (QED) is 0.831. The number of alkyl halides is 1. The van der Waals surface area contributed by atoms with Crippen LogP contribution < -0.4 is 5.32 Å². The highest BCUT2D eigenvalue weighted by Gasteiger charge is 2.16. The highest BCUT2D eigenvalue weighted by atomic mass is 35.5. The maximum atomic E-state index is 13.4. The van der Waals surface area contributed by atoms with Crippen LogP contribution in [0.25, 0.3) is 0 Å². The number of hydrogen-bond donors (Lipinski definition) is 1. The summed E-state index contributed by atoms with van der Waals surface area (Å²) < 4.78 is 13.4. The Morgan fingerprint density at radius 3 is 2.81 bits per heavy atom. The first-order valence-corrected chi connectivity index (χ1v) is 5.78. The lowest BCUT2D eigenvalue weighted by atomic mass is 10.1. The molecule has 1 aromatic rings. The Hall–Kier alpha value is -0.800. The third-order valence-corrected chi connectivity index (χ3v) is 2.64. The number of nitrogens with one attached hydrogen (secondary N) is 1. The molecule has 1 unspecified atom stereocenters. The third-order valence-electron chi connectivity index (χ3n) is 2.11. The summed E-state index contributed by atoms with van der Waals surface area (Å²) in [6.07, 6.45) is 0.624. The number of carbonyl (C=O) groups excluding carboxylic acids is 1. The van der Waals surface area contributed by atoms with E-state index in [4.69, 9.17) is 23.2 Å². The van der Waals surface area contributed by atoms with Gasteiger partial charge in [0.1, 0.15) is 5.82 Å². The zero-order valence-electron chi connectivity index (χ0n) is 8.77. The summed E-state index contributed by atoms with van der Waals surface area (Å²) in [6, 6.07) is 4.02. The summed E-state index contributed by atoms with van der Waals surface area (Å²) in [5.41, 5.74) is -0.120. The van der Waals surface area contributed by atoms with Gasteiger partial charge < -0.3 is 5.32 Å². The fraction of sp³-hybridized carbons (Fsp3) is 0.364. The molecule has 1 amide bonds. The molecule has 0 spiro atoms. The van der Waals surface area contributed by atoms with Crippen LogP contribution in [0.5, 0.6) is 0 Å². The highest BCUT2D eigenvalue weighted by molar-refractivity contribution is 6.33. The topological polar surface area (TPSA) is 29.1 Å². The first kappa shape index (κ1) is 13.3. The second kappa shape index (κ2) is 6.06. The number of carbonyl (C=O) groups is 1. The van der Waals surface area contributed by atoms with Gasteiger partial charge in [-0.15, -0.1) is 11.6 Å². The van der Waals surface area contributed by atoms with E-state index < -0.39 is 11.7 Å². The van der Waals surface area contributed by atoms with Gasteiger partial charge in [-0.25, -0.2) is 4.39 Å². The lowest BCUT2D eigenvalue weighted by Gasteiger charge is -2.13. The zero-order valence-corrected chi connectivity index (χ0v) is 10.3. The van der Waals surface area contributed by atoms with Gasteiger partial charge in [-0.2, -0.15) is 0 Å². The Bertz CT molecular complexity index is 364. The molecule has 88 valence electrons. The van der Waals surface area contributed by atoms with E-state index in [2.05, 4.69) is 5.32 Å². The second-order valence-corrected chi connectivity index (χ2v) is 4.23. The van der Waals surface area contributed by atoms with Crippen LogP contribution in [-0.2, 0) is 0 Å². The van der Waals surface area contributed by atoms with Crippen LogP contribution in [-0.4, -0.2) is 17.8 Å². The summed E-state index contributed by atoms with van der Waals surface area (Å²) >= 11 is 11.3. The Morgan fingerprint density at radius 2 is 2.25 bits per heavy atom. The molecule has 16 heavy (non-hydrogen) atoms. The highest BCUT2D eigenvalue weighted by Crippen LogP contribution is 2.18. The van der Waals surface area contributed by atoms with Crippen LogP contribution in [0.4, 0.5) is 4.39 Å². The van der Waals surface area contributed by atoms with Crippen molar-refractivity contribution in [3.8, 4) is 0 Å². The Balaban J connectivity index is 2.80. The lowest BCUT2D eigenvalue weighted by Crippen LogP contribution is -2.33. The monoisotopic (exact) mass is 263 g/mol. The minimum absolute atomic E-state index is 0.107. The number of amides is 1. The minimum Gasteiger partial charge on any atom is -0.349 e. The molecule has 1 N–H and O–H groups in total. The van der Waals surface area contributed by atoms with Gasteiger partial charge in [0.25, 0.3) is 5.91 Å². The van der Waals surface area contributed by atoms with E-state index in [9.17, 15) is 9.18 Å². The van der Waals surface area contributed by atoms with E-state index >= 15 is 0 Å². The summed E-state index contributed by atoms with van der Waals surface area (Å²) in [4.78, 5) is 11.7. The van der Waals surface area contributed by atoms with Crippen molar-refractivity contribution in [1.29, 1.82) is 0 Å². The molecule has 0 bridgehead atoms. The van der Waals surface area contributed by atoms with E-state index in [1.807, 2.05) is 0 Å². The SMILES string of the molecule is CC(CCCl)NC(=O)c1c(F)cccc1Cl. The number of halogens is 3. The van der Waals surface area contributed by atoms with E-state index in [1.54, 1.807) is 6.92 Å². The first-order valence-electron chi connectivity index (χ1n) is 4.87. The van der Waals surface area contributed by atoms with Gasteiger partial charge in [-0.1, -0.05) is 17.7 Å². The molecule has 1 aromatic carbocycles. The molecule has 0 aliphatic carbocycles. The molecule has 0 aliphatic rings. The molecule has 0 fully saturated rings. The average Bonchev–Trinajstić information content (AvgIpc) is 2.17. The van der Waals surface area contributed by atoms with Crippen molar-refractivity contribution in [3.05, 3.63) is 34.6 Å². The number of rotatable bonds is 4. The van der Waals surface area contributed by atoms with E-state index in [0.717, 1.165) is 0 Å². The minimum atomic E-state index is -0.622. The summed E-state index contributed by atoms with van der Waals surface area (Å²) in [5, 5.41) is 2.74. The van der Waals surface area contributed by atoms with Crippen molar-refractivity contribution >= 4 is 29.1 Å². The maximum Gasteiger partial charge on any atom is 0.255 e. The molecule has 0 saturated carbocycles. The molecule has 0 heterocycles. The van der Waals surface area contributed by atoms with Crippen molar-refractivity contribution in [2.75, 3.05) is 5.88 Å². The van der Waals surface area contributed by atoms with Gasteiger partial charge in [0.05, 0.1) is 10.6 Å². The van der Waals surface area contributed by atoms with Crippen LogP contribution in [0.2, 0.25) is 5.02 Å². The third kappa shape index (κ3) is 3.35. The predicted octanol–water partition coefficient (Wildman–Crippen LogP) is 3.23. The molecule has 1 atom stereocenters. The van der Waals surface area contributed by atoms with Crippen molar-refractivity contribution in [2.45, 2.75) is 19.4 Å². The molecule has 0 aromatic heterocycles. The van der Waals surface area contributed by atoms with E-state index in [-0.39, 0.29) is 16.6 Å². The van der Waals surface area contributed by atoms with Gasteiger partial charge in [-0.3, -0.25) is 4.79 Å². The maximum absolute atomic E-state index is 13.4. The van der Waals surface area contributed by atoms with Gasteiger partial charge in [-0.05, 0) is 25.5 Å². The van der Waals surface area contributed by atoms with E-state index in [0.29, 0.717) is 12.3 Å². The van der Waals surface area contributed by atoms with Gasteiger partial charge in [0.15, 0.2) is 0 Å². The van der Waals surface area contributed by atoms with Crippen LogP contribution in [0.3, 0.4) is 0 Å². The number of hydrogen-bond acceptors (Lipinski definition) is 1. The van der Waals surface area contributed by atoms with Crippen LogP contribution in [0.1, 0.15) is 23.7 Å². The standard InChI is InChI=1S/C11H12Cl2FNO/c1-7(5-6-12)15-11(16)10-8(13)3-2-4-9(10)14/h2-4,7H,5-6H2,1H3,(H,15,16). The lowest BCUT2D eigenvalue weighted by molar-refractivity contribution is 0.0935. The van der Waals surface area contributed by atoms with Gasteiger partial charge in [0.2, 0.25) is 0 Å². The normalized spacial score (nSPS) is 12.2. The average molecular weight is 264 g/mol. The van der Waals surface area contributed by atoms with Crippen molar-refractivity contribution in [1.82, 2.24) is 5.32 Å². The molecular formula is C11H12Cl2FNO. The summed E-state index contributed by atoms with van der Waals surface area (Å²) in [6.45, 7) is 1.80. The Labute approximate surface area is 104 Å². The number of benzene rings is 1. The zero-order chi connectivity index (χ0) is 12.1. The summed E-state index contributed by atoms with van der Waals surface area (Å²) in [5.74, 6) is -0.698. The Morgan fingerprint density at radius 1 is 1.56 bits per heavy atom. The van der Waals surface area contributed by atoms with Crippen molar-refractivity contribution in [2.24, 2.45) is 0 Å². The second-order valence-electron chi connectivity index (χ2n) is 3.45. The molecule has 0 saturated heterocycles. The van der Waals surface area contributed by atoms with E-state index in [1.165, 1.54) is 18.2 Å². The molecule has 0 aliphatic heterocycles. The van der Waals surface area contributed by atoms with Crippen LogP contribution in [0, 0.1) is 5.82 Å². The van der Waals surface area contributed by atoms with Crippen LogP contribution >= 0.6 is 23.2 Å². The molecular weight excluding hydrogens is 252 g/mol. The van der Waals surface area contributed by atoms with Crippen molar-refractivity contribution < 1.29 is 9.18 Å². The van der Waals surface area contributed by atoms with Gasteiger partial charge >= 0.3 is 0 Å². The smallest absolute Gasteiger partial charge is 0.255 e. The predicted molar refractivity (Wildman–Crippen MR) is 63.7 cm³/mol. The first-order chi connectivity index (χ1) is 7.56. The largest absolute Gasteiger partial charge is 0.349 e. The molecule has 2 nitrogen and oxygen atoms in total. The molecule has 1 rings (SSSR count). The fourth-order valence-corrected chi connectivity index (χ4v) is 1.82. The molecule has 5 heteroatoms. The molecule has 0 radical (unpaired) electrons.